The van der Waals surface area contributed by atoms with Gasteiger partial charge in [-0.3, -0.25) is 4.79 Å². The second kappa shape index (κ2) is 6.67. The second-order valence-electron chi connectivity index (χ2n) is 6.70. The predicted molar refractivity (Wildman–Crippen MR) is 105 cm³/mol. The Kier molecular flexibility index (Phi) is 4.21. The summed E-state index contributed by atoms with van der Waals surface area (Å²) in [5.74, 6) is 0.00600. The molecule has 0 radical (unpaired) electrons. The number of aromatic amines is 1. The molecule has 1 N–H and O–H groups in total. The largest absolute Gasteiger partial charge is 0.368 e. The molecular formula is C21H22N4O. The molecule has 3 heterocycles. The highest BCUT2D eigenvalue weighted by Crippen LogP contribution is 2.31. The van der Waals surface area contributed by atoms with Crippen molar-refractivity contribution < 1.29 is 4.79 Å². The average Bonchev–Trinajstić information content (AvgIpc) is 3.34. The molecular weight excluding hydrogens is 324 g/mol. The van der Waals surface area contributed by atoms with Crippen molar-refractivity contribution in [2.75, 3.05) is 25.0 Å². The topological polar surface area (TPSA) is 52.2 Å². The van der Waals surface area contributed by atoms with Gasteiger partial charge in [-0.2, -0.15) is 0 Å². The lowest BCUT2D eigenvalue weighted by Gasteiger charge is -2.26. The molecule has 26 heavy (non-hydrogen) atoms. The van der Waals surface area contributed by atoms with Crippen LogP contribution in [0.5, 0.6) is 0 Å². The third kappa shape index (κ3) is 2.86. The van der Waals surface area contributed by atoms with Gasteiger partial charge in [0.15, 0.2) is 0 Å². The Morgan fingerprint density at radius 3 is 2.96 bits per heavy atom. The van der Waals surface area contributed by atoms with Crippen molar-refractivity contribution in [3.05, 3.63) is 61.4 Å². The molecule has 1 amide bonds. The third-order valence-corrected chi connectivity index (χ3v) is 5.21. The summed E-state index contributed by atoms with van der Waals surface area (Å²) in [4.78, 5) is 23.8. The molecule has 1 aliphatic heterocycles. The molecule has 0 unspecified atom stereocenters. The van der Waals surface area contributed by atoms with Crippen molar-refractivity contribution in [1.82, 2.24) is 14.9 Å². The maximum atomic E-state index is 11.8. The van der Waals surface area contributed by atoms with E-state index >= 15 is 0 Å². The van der Waals surface area contributed by atoms with E-state index in [1.165, 1.54) is 11.6 Å². The lowest BCUT2D eigenvalue weighted by molar-refractivity contribution is -0.125. The number of anilines is 1. The predicted octanol–water partition coefficient (Wildman–Crippen LogP) is 3.45. The van der Waals surface area contributed by atoms with E-state index in [1.807, 2.05) is 35.5 Å². The van der Waals surface area contributed by atoms with Crippen LogP contribution < -0.4 is 4.90 Å². The van der Waals surface area contributed by atoms with Crippen LogP contribution in [-0.4, -0.2) is 47.0 Å². The van der Waals surface area contributed by atoms with Crippen molar-refractivity contribution in [2.45, 2.75) is 12.5 Å². The number of rotatable bonds is 4. The first-order valence-electron chi connectivity index (χ1n) is 8.84. The maximum Gasteiger partial charge on any atom is 0.246 e. The fraction of sp³-hybridized carbons (Fsp3) is 0.238. The number of hydrogen-bond acceptors (Lipinski definition) is 3. The van der Waals surface area contributed by atoms with Crippen molar-refractivity contribution in [2.24, 2.45) is 0 Å². The van der Waals surface area contributed by atoms with E-state index in [-0.39, 0.29) is 11.9 Å². The van der Waals surface area contributed by atoms with E-state index in [0.29, 0.717) is 0 Å². The SMILES string of the molecule is C=CC(=O)N1CC[C@H](N(C)c2cnc3[nH]cc(-c4ccccc4)c3c2)C1. The zero-order valence-corrected chi connectivity index (χ0v) is 14.9. The fourth-order valence-corrected chi connectivity index (χ4v) is 3.64. The van der Waals surface area contributed by atoms with Gasteiger partial charge < -0.3 is 14.8 Å². The Hall–Kier alpha value is -3.08. The summed E-state index contributed by atoms with van der Waals surface area (Å²) in [6.45, 7) is 5.07. The van der Waals surface area contributed by atoms with Crippen LogP contribution in [-0.2, 0) is 4.79 Å². The van der Waals surface area contributed by atoms with E-state index in [2.05, 4.69) is 46.7 Å². The number of carbonyl (C=O) groups excluding carboxylic acids is 1. The maximum absolute atomic E-state index is 11.8. The first kappa shape index (κ1) is 16.4. The highest BCUT2D eigenvalue weighted by atomic mass is 16.2. The van der Waals surface area contributed by atoms with Gasteiger partial charge in [-0.15, -0.1) is 0 Å². The van der Waals surface area contributed by atoms with E-state index in [1.54, 1.807) is 0 Å². The average molecular weight is 346 g/mol. The van der Waals surface area contributed by atoms with E-state index in [0.717, 1.165) is 41.8 Å². The lowest BCUT2D eigenvalue weighted by atomic mass is 10.1. The van der Waals surface area contributed by atoms with Crippen molar-refractivity contribution in [3.8, 4) is 11.1 Å². The van der Waals surface area contributed by atoms with Gasteiger partial charge in [0.25, 0.3) is 0 Å². The number of nitrogens with zero attached hydrogens (tertiary/aromatic N) is 3. The minimum Gasteiger partial charge on any atom is -0.368 e. The molecule has 4 rings (SSSR count). The van der Waals surface area contributed by atoms with Gasteiger partial charge in [-0.25, -0.2) is 4.98 Å². The number of nitrogens with one attached hydrogen (secondary N) is 1. The summed E-state index contributed by atoms with van der Waals surface area (Å²) in [7, 11) is 2.07. The molecule has 0 bridgehead atoms. The number of H-pyrrole nitrogens is 1. The molecule has 1 aliphatic rings. The zero-order chi connectivity index (χ0) is 18.1. The zero-order valence-electron chi connectivity index (χ0n) is 14.9. The summed E-state index contributed by atoms with van der Waals surface area (Å²) in [6.07, 6.45) is 6.25. The summed E-state index contributed by atoms with van der Waals surface area (Å²) in [6, 6.07) is 12.8. The summed E-state index contributed by atoms with van der Waals surface area (Å²) < 4.78 is 0. The smallest absolute Gasteiger partial charge is 0.246 e. The van der Waals surface area contributed by atoms with Crippen molar-refractivity contribution in [3.63, 3.8) is 0 Å². The molecule has 0 saturated carbocycles. The van der Waals surface area contributed by atoms with E-state index in [9.17, 15) is 4.79 Å². The summed E-state index contributed by atoms with van der Waals surface area (Å²) >= 11 is 0. The lowest BCUT2D eigenvalue weighted by Crippen LogP contribution is -2.36. The van der Waals surface area contributed by atoms with Crippen molar-refractivity contribution >= 4 is 22.6 Å². The van der Waals surface area contributed by atoms with Gasteiger partial charge >= 0.3 is 0 Å². The quantitative estimate of drug-likeness (QED) is 0.736. The molecule has 1 atom stereocenters. The second-order valence-corrected chi connectivity index (χ2v) is 6.70. The molecule has 0 spiro atoms. The Bertz CT molecular complexity index is 947. The standard InChI is InChI=1S/C21H22N4O/c1-3-20(26)25-10-9-16(14-25)24(2)17-11-18-19(13-23-21(18)22-12-17)15-7-5-4-6-8-15/h3-8,11-13,16H,1,9-10,14H2,2H3,(H,22,23)/t16-/m0/s1. The van der Waals surface area contributed by atoms with Crippen LogP contribution in [0.15, 0.2) is 61.4 Å². The molecule has 2 aromatic heterocycles. The van der Waals surface area contributed by atoms with Gasteiger partial charge in [0.2, 0.25) is 5.91 Å². The number of hydrogen-bond donors (Lipinski definition) is 1. The van der Waals surface area contributed by atoms with E-state index < -0.39 is 0 Å². The summed E-state index contributed by atoms with van der Waals surface area (Å²) in [5, 5.41) is 1.11. The number of aromatic nitrogens is 2. The number of amides is 1. The Balaban J connectivity index is 1.63. The van der Waals surface area contributed by atoms with Crippen LogP contribution in [0.3, 0.4) is 0 Å². The number of carbonyl (C=O) groups is 1. The number of benzene rings is 1. The first-order chi connectivity index (χ1) is 12.7. The van der Waals surface area contributed by atoms with Crippen molar-refractivity contribution in [1.29, 1.82) is 0 Å². The van der Waals surface area contributed by atoms with Crippen LogP contribution in [0.25, 0.3) is 22.2 Å². The molecule has 1 aromatic carbocycles. The molecule has 0 aliphatic carbocycles. The van der Waals surface area contributed by atoms with Gasteiger partial charge in [-0.05, 0) is 24.1 Å². The first-order valence-corrected chi connectivity index (χ1v) is 8.84. The monoisotopic (exact) mass is 346 g/mol. The van der Waals surface area contributed by atoms with Crippen LogP contribution in [0, 0.1) is 0 Å². The Labute approximate surface area is 153 Å². The van der Waals surface area contributed by atoms with Crippen LogP contribution in [0.1, 0.15) is 6.42 Å². The molecule has 132 valence electrons. The highest BCUT2D eigenvalue weighted by Gasteiger charge is 2.28. The van der Waals surface area contributed by atoms with Gasteiger partial charge in [0.1, 0.15) is 5.65 Å². The van der Waals surface area contributed by atoms with Crippen LogP contribution >= 0.6 is 0 Å². The van der Waals surface area contributed by atoms with Crippen LogP contribution in [0.2, 0.25) is 0 Å². The molecule has 1 saturated heterocycles. The molecule has 3 aromatic rings. The van der Waals surface area contributed by atoms with Gasteiger partial charge in [-0.1, -0.05) is 36.9 Å². The Morgan fingerprint density at radius 2 is 2.19 bits per heavy atom. The Morgan fingerprint density at radius 1 is 1.38 bits per heavy atom. The van der Waals surface area contributed by atoms with Crippen LogP contribution in [0.4, 0.5) is 5.69 Å². The molecule has 5 heteroatoms. The number of likely N-dealkylation sites (tertiary alicyclic amines) is 1. The summed E-state index contributed by atoms with van der Waals surface area (Å²) in [5.41, 5.74) is 4.27. The fourth-order valence-electron chi connectivity index (χ4n) is 3.64. The highest BCUT2D eigenvalue weighted by molar-refractivity contribution is 5.95. The van der Waals surface area contributed by atoms with Gasteiger partial charge in [0, 0.05) is 43.3 Å². The third-order valence-electron chi connectivity index (χ3n) is 5.21. The minimum atomic E-state index is 0.00600. The minimum absolute atomic E-state index is 0.00600. The number of fused-ring (bicyclic) bond motifs is 1. The molecule has 5 nitrogen and oxygen atoms in total. The van der Waals surface area contributed by atoms with Gasteiger partial charge in [0.05, 0.1) is 11.9 Å². The molecule has 1 fully saturated rings. The number of pyridine rings is 1. The number of likely N-dealkylation sites (N-methyl/N-ethyl adjacent to an activating group) is 1. The normalized spacial score (nSPS) is 16.8. The van der Waals surface area contributed by atoms with E-state index in [4.69, 9.17) is 0 Å².